The molecular formula is C23H30N2O2. The smallest absolute Gasteiger partial charge is 0.226 e. The van der Waals surface area contributed by atoms with Crippen LogP contribution in [0.5, 0.6) is 5.75 Å². The number of benzene rings is 1. The first kappa shape index (κ1) is 17.2. The molecule has 4 aliphatic rings. The lowest BCUT2D eigenvalue weighted by Crippen LogP contribution is -2.51. The fourth-order valence-corrected chi connectivity index (χ4v) is 6.80. The predicted octanol–water partition coefficient (Wildman–Crippen LogP) is 4.39. The van der Waals surface area contributed by atoms with Gasteiger partial charge in [0.1, 0.15) is 5.75 Å². The number of methoxy groups -OCH3 is 1. The van der Waals surface area contributed by atoms with E-state index in [1.807, 2.05) is 36.3 Å². The molecule has 0 aliphatic heterocycles. The van der Waals surface area contributed by atoms with Gasteiger partial charge in [-0.05, 0) is 85.5 Å². The van der Waals surface area contributed by atoms with Crippen LogP contribution in [-0.4, -0.2) is 36.5 Å². The molecule has 4 saturated carbocycles. The number of hydrogen-bond donors (Lipinski definition) is 1. The van der Waals surface area contributed by atoms with Crippen LogP contribution in [0.3, 0.4) is 0 Å². The Hall–Kier alpha value is -1.97. The SMILES string of the molecule is COc1ccc2[nH]cc(CC(=O)N(C)CC34CC5CC(CC(C5)C3)C4)c2c1. The summed E-state index contributed by atoms with van der Waals surface area (Å²) in [5.74, 6) is 3.86. The number of aromatic amines is 1. The van der Waals surface area contributed by atoms with Gasteiger partial charge in [-0.25, -0.2) is 0 Å². The standard InChI is InChI=1S/C23H30N2O2/c1-25(14-23-10-15-5-16(11-23)7-17(6-15)12-23)22(26)8-18-13-24-21-4-3-19(27-2)9-20(18)21/h3-4,9,13,15-17,24H,5-8,10-12,14H2,1-2H3. The molecule has 0 saturated heterocycles. The van der Waals surface area contributed by atoms with E-state index < -0.39 is 0 Å². The van der Waals surface area contributed by atoms with Crippen LogP contribution >= 0.6 is 0 Å². The van der Waals surface area contributed by atoms with Gasteiger partial charge >= 0.3 is 0 Å². The van der Waals surface area contributed by atoms with Gasteiger partial charge in [0.05, 0.1) is 13.5 Å². The van der Waals surface area contributed by atoms with E-state index in [4.69, 9.17) is 4.74 Å². The molecule has 1 N–H and O–H groups in total. The second-order valence-electron chi connectivity index (χ2n) is 9.57. The van der Waals surface area contributed by atoms with Gasteiger partial charge in [-0.3, -0.25) is 4.79 Å². The van der Waals surface area contributed by atoms with Gasteiger partial charge in [0.25, 0.3) is 0 Å². The summed E-state index contributed by atoms with van der Waals surface area (Å²) in [7, 11) is 3.69. The molecule has 0 spiro atoms. The lowest BCUT2D eigenvalue weighted by atomic mass is 9.49. The maximum atomic E-state index is 13.0. The number of likely N-dealkylation sites (N-methyl/N-ethyl adjacent to an activating group) is 1. The zero-order valence-corrected chi connectivity index (χ0v) is 16.5. The minimum Gasteiger partial charge on any atom is -0.497 e. The molecule has 4 bridgehead atoms. The van der Waals surface area contributed by atoms with Gasteiger partial charge in [-0.15, -0.1) is 0 Å². The predicted molar refractivity (Wildman–Crippen MR) is 107 cm³/mol. The number of aromatic nitrogens is 1. The van der Waals surface area contributed by atoms with Crippen LogP contribution in [0.25, 0.3) is 10.9 Å². The second-order valence-corrected chi connectivity index (χ2v) is 9.57. The van der Waals surface area contributed by atoms with E-state index in [-0.39, 0.29) is 5.91 Å². The first-order chi connectivity index (χ1) is 13.0. The normalized spacial score (nSPS) is 31.4. The highest BCUT2D eigenvalue weighted by Gasteiger charge is 2.51. The van der Waals surface area contributed by atoms with E-state index in [0.29, 0.717) is 11.8 Å². The number of H-pyrrole nitrogens is 1. The number of rotatable bonds is 5. The van der Waals surface area contributed by atoms with E-state index >= 15 is 0 Å². The largest absolute Gasteiger partial charge is 0.497 e. The van der Waals surface area contributed by atoms with Crippen molar-refractivity contribution in [1.29, 1.82) is 0 Å². The van der Waals surface area contributed by atoms with E-state index in [1.54, 1.807) is 7.11 Å². The molecule has 1 amide bonds. The molecule has 27 heavy (non-hydrogen) atoms. The van der Waals surface area contributed by atoms with Crippen LogP contribution in [0.15, 0.2) is 24.4 Å². The number of carbonyl (C=O) groups excluding carboxylic acids is 1. The number of amides is 1. The summed E-state index contributed by atoms with van der Waals surface area (Å²) in [6.45, 7) is 0.945. The quantitative estimate of drug-likeness (QED) is 0.853. The number of nitrogens with zero attached hydrogens (tertiary/aromatic N) is 1. The summed E-state index contributed by atoms with van der Waals surface area (Å²) < 4.78 is 5.35. The topological polar surface area (TPSA) is 45.3 Å². The Labute approximate surface area is 161 Å². The Bertz CT molecular complexity index is 833. The van der Waals surface area contributed by atoms with E-state index in [2.05, 4.69) is 4.98 Å². The number of carbonyl (C=O) groups is 1. The summed E-state index contributed by atoms with van der Waals surface area (Å²) in [4.78, 5) is 18.3. The fourth-order valence-electron chi connectivity index (χ4n) is 6.80. The molecule has 4 heteroatoms. The van der Waals surface area contributed by atoms with Gasteiger partial charge in [0.2, 0.25) is 5.91 Å². The molecule has 0 atom stereocenters. The van der Waals surface area contributed by atoms with Crippen molar-refractivity contribution in [2.75, 3.05) is 20.7 Å². The van der Waals surface area contributed by atoms with Gasteiger partial charge in [0.15, 0.2) is 0 Å². The van der Waals surface area contributed by atoms with Crippen molar-refractivity contribution in [3.8, 4) is 5.75 Å². The van der Waals surface area contributed by atoms with Crippen LogP contribution in [0, 0.1) is 23.2 Å². The summed E-state index contributed by atoms with van der Waals surface area (Å²) in [5.41, 5.74) is 2.52. The van der Waals surface area contributed by atoms with E-state index in [1.165, 1.54) is 38.5 Å². The van der Waals surface area contributed by atoms with Gasteiger partial charge < -0.3 is 14.6 Å². The van der Waals surface area contributed by atoms with Crippen LogP contribution in [0.2, 0.25) is 0 Å². The average Bonchev–Trinajstić information content (AvgIpc) is 3.02. The minimum absolute atomic E-state index is 0.231. The lowest BCUT2D eigenvalue weighted by Gasteiger charge is -2.57. The fraction of sp³-hybridized carbons (Fsp3) is 0.609. The molecule has 1 aromatic heterocycles. The Kier molecular flexibility index (Phi) is 3.99. The zero-order valence-electron chi connectivity index (χ0n) is 16.5. The third kappa shape index (κ3) is 3.03. The van der Waals surface area contributed by atoms with Crippen molar-refractivity contribution in [2.45, 2.75) is 44.9 Å². The third-order valence-electron chi connectivity index (χ3n) is 7.48. The van der Waals surface area contributed by atoms with Crippen molar-refractivity contribution in [3.63, 3.8) is 0 Å². The summed E-state index contributed by atoms with van der Waals surface area (Å²) in [5, 5.41) is 1.09. The Morgan fingerprint density at radius 3 is 2.48 bits per heavy atom. The number of fused-ring (bicyclic) bond motifs is 1. The average molecular weight is 367 g/mol. The summed E-state index contributed by atoms with van der Waals surface area (Å²) in [6, 6.07) is 5.98. The first-order valence-corrected chi connectivity index (χ1v) is 10.4. The lowest BCUT2D eigenvalue weighted by molar-refractivity contribution is -0.134. The maximum absolute atomic E-state index is 13.0. The molecule has 1 heterocycles. The number of ether oxygens (including phenoxy) is 1. The highest BCUT2D eigenvalue weighted by Crippen LogP contribution is 2.60. The van der Waals surface area contributed by atoms with Crippen molar-refractivity contribution in [2.24, 2.45) is 23.2 Å². The Morgan fingerprint density at radius 2 is 1.85 bits per heavy atom. The van der Waals surface area contributed by atoms with Crippen LogP contribution in [0.1, 0.15) is 44.1 Å². The monoisotopic (exact) mass is 366 g/mol. The van der Waals surface area contributed by atoms with Gasteiger partial charge in [0, 0.05) is 30.7 Å². The molecule has 0 radical (unpaired) electrons. The van der Waals surface area contributed by atoms with E-state index in [0.717, 1.165) is 46.5 Å². The Morgan fingerprint density at radius 1 is 1.19 bits per heavy atom. The van der Waals surface area contributed by atoms with Crippen molar-refractivity contribution in [3.05, 3.63) is 30.0 Å². The molecule has 1 aromatic carbocycles. The molecule has 6 rings (SSSR count). The maximum Gasteiger partial charge on any atom is 0.226 e. The van der Waals surface area contributed by atoms with Gasteiger partial charge in [-0.2, -0.15) is 0 Å². The molecular weight excluding hydrogens is 336 g/mol. The summed E-state index contributed by atoms with van der Waals surface area (Å²) in [6.07, 6.45) is 10.8. The van der Waals surface area contributed by atoms with Crippen LogP contribution in [-0.2, 0) is 11.2 Å². The highest BCUT2D eigenvalue weighted by atomic mass is 16.5. The third-order valence-corrected chi connectivity index (χ3v) is 7.48. The van der Waals surface area contributed by atoms with Crippen molar-refractivity contribution in [1.82, 2.24) is 9.88 Å². The molecule has 4 aliphatic carbocycles. The molecule has 4 nitrogen and oxygen atoms in total. The molecule has 144 valence electrons. The van der Waals surface area contributed by atoms with Crippen molar-refractivity contribution >= 4 is 16.8 Å². The van der Waals surface area contributed by atoms with Crippen molar-refractivity contribution < 1.29 is 9.53 Å². The van der Waals surface area contributed by atoms with Crippen LogP contribution in [0.4, 0.5) is 0 Å². The van der Waals surface area contributed by atoms with Crippen LogP contribution < -0.4 is 4.74 Å². The zero-order chi connectivity index (χ0) is 18.6. The Balaban J connectivity index is 1.30. The second kappa shape index (κ2) is 6.29. The number of hydrogen-bond acceptors (Lipinski definition) is 2. The first-order valence-electron chi connectivity index (χ1n) is 10.4. The number of nitrogens with one attached hydrogen (secondary N) is 1. The molecule has 0 unspecified atom stereocenters. The van der Waals surface area contributed by atoms with E-state index in [9.17, 15) is 4.79 Å². The minimum atomic E-state index is 0.231. The van der Waals surface area contributed by atoms with Gasteiger partial charge in [-0.1, -0.05) is 0 Å². The highest BCUT2D eigenvalue weighted by molar-refractivity contribution is 5.89. The summed E-state index contributed by atoms with van der Waals surface area (Å²) >= 11 is 0. The molecule has 2 aromatic rings. The molecule has 4 fully saturated rings.